The zero-order valence-electron chi connectivity index (χ0n) is 15.1. The number of benzene rings is 1. The summed E-state index contributed by atoms with van der Waals surface area (Å²) in [6.07, 6.45) is 1.27. The molecule has 1 atom stereocenters. The smallest absolute Gasteiger partial charge is 0.317 e. The first-order valence-electron chi connectivity index (χ1n) is 8.37. The Morgan fingerprint density at radius 1 is 1.21 bits per heavy atom. The Morgan fingerprint density at radius 3 is 2.29 bits per heavy atom. The van der Waals surface area contributed by atoms with E-state index in [0.717, 1.165) is 12.8 Å². The highest BCUT2D eigenvalue weighted by atomic mass is 16.5. The molecule has 1 aliphatic rings. The SMILES string of the molecule is CC(NC(=O)NC1CC(C)(C)NC(C)(C)C1)Oc1ccc(O)cc1. The molecule has 134 valence electrons. The molecule has 1 aliphatic heterocycles. The first-order chi connectivity index (χ1) is 11.0. The molecular formula is C18H29N3O3. The van der Waals surface area contributed by atoms with Crippen molar-refractivity contribution in [1.82, 2.24) is 16.0 Å². The largest absolute Gasteiger partial charge is 0.508 e. The van der Waals surface area contributed by atoms with Crippen LogP contribution in [0.1, 0.15) is 47.5 Å². The number of hydrogen-bond acceptors (Lipinski definition) is 4. The van der Waals surface area contributed by atoms with Crippen LogP contribution >= 0.6 is 0 Å². The number of rotatable bonds is 4. The van der Waals surface area contributed by atoms with Crippen molar-refractivity contribution in [2.75, 3.05) is 0 Å². The van der Waals surface area contributed by atoms with Gasteiger partial charge in [0.05, 0.1) is 0 Å². The van der Waals surface area contributed by atoms with Gasteiger partial charge in [-0.05, 0) is 71.7 Å². The van der Waals surface area contributed by atoms with E-state index in [2.05, 4.69) is 43.6 Å². The minimum absolute atomic E-state index is 0.0200. The Bertz CT molecular complexity index is 553. The molecule has 6 heteroatoms. The van der Waals surface area contributed by atoms with Crippen LogP contribution in [0.2, 0.25) is 0 Å². The lowest BCUT2D eigenvalue weighted by Gasteiger charge is -2.46. The van der Waals surface area contributed by atoms with Crippen LogP contribution in [-0.2, 0) is 0 Å². The Kier molecular flexibility index (Phi) is 5.28. The number of piperidine rings is 1. The van der Waals surface area contributed by atoms with E-state index in [-0.39, 0.29) is 28.9 Å². The van der Waals surface area contributed by atoms with Gasteiger partial charge >= 0.3 is 6.03 Å². The second kappa shape index (κ2) is 6.89. The summed E-state index contributed by atoms with van der Waals surface area (Å²) in [5.74, 6) is 0.765. The van der Waals surface area contributed by atoms with Crippen molar-refractivity contribution >= 4 is 6.03 Å². The van der Waals surface area contributed by atoms with Gasteiger partial charge in [-0.2, -0.15) is 0 Å². The average Bonchev–Trinajstić information content (AvgIpc) is 2.37. The topological polar surface area (TPSA) is 82.6 Å². The zero-order chi connectivity index (χ0) is 18.0. The summed E-state index contributed by atoms with van der Waals surface area (Å²) in [6, 6.07) is 6.27. The van der Waals surface area contributed by atoms with Crippen molar-refractivity contribution in [2.24, 2.45) is 0 Å². The molecule has 0 saturated carbocycles. The molecule has 1 aromatic rings. The summed E-state index contributed by atoms with van der Waals surface area (Å²) in [6.45, 7) is 10.4. The fourth-order valence-corrected chi connectivity index (χ4v) is 3.59. The van der Waals surface area contributed by atoms with Crippen LogP contribution in [0.25, 0.3) is 0 Å². The van der Waals surface area contributed by atoms with Gasteiger partial charge in [0.2, 0.25) is 0 Å². The summed E-state index contributed by atoms with van der Waals surface area (Å²) in [7, 11) is 0. The number of nitrogens with one attached hydrogen (secondary N) is 3. The molecule has 0 spiro atoms. The minimum atomic E-state index is -0.475. The van der Waals surface area contributed by atoms with Crippen molar-refractivity contribution in [2.45, 2.75) is 70.8 Å². The molecule has 0 aliphatic carbocycles. The van der Waals surface area contributed by atoms with Gasteiger partial charge < -0.3 is 25.8 Å². The van der Waals surface area contributed by atoms with Gasteiger partial charge in [-0.25, -0.2) is 4.79 Å². The summed E-state index contributed by atoms with van der Waals surface area (Å²) in [4.78, 5) is 12.2. The van der Waals surface area contributed by atoms with Crippen LogP contribution in [0, 0.1) is 0 Å². The standard InChI is InChI=1S/C18H29N3O3/c1-12(24-15-8-6-14(22)7-9-15)19-16(23)20-13-10-17(2,3)21-18(4,5)11-13/h6-9,12-13,21-22H,10-11H2,1-5H3,(H2,19,20,23). The molecule has 1 fully saturated rings. The van der Waals surface area contributed by atoms with Gasteiger partial charge in [-0.1, -0.05) is 0 Å². The van der Waals surface area contributed by atoms with Crippen molar-refractivity contribution in [1.29, 1.82) is 0 Å². The van der Waals surface area contributed by atoms with Gasteiger partial charge in [0.1, 0.15) is 11.5 Å². The summed E-state index contributed by atoms with van der Waals surface area (Å²) < 4.78 is 5.62. The maximum atomic E-state index is 12.2. The first-order valence-corrected chi connectivity index (χ1v) is 8.37. The Morgan fingerprint density at radius 2 is 1.75 bits per heavy atom. The lowest BCUT2D eigenvalue weighted by atomic mass is 9.80. The molecule has 1 aromatic carbocycles. The van der Waals surface area contributed by atoms with Crippen molar-refractivity contribution in [3.63, 3.8) is 0 Å². The number of amides is 2. The van der Waals surface area contributed by atoms with E-state index in [1.165, 1.54) is 0 Å². The predicted molar refractivity (Wildman–Crippen MR) is 94.2 cm³/mol. The van der Waals surface area contributed by atoms with Crippen LogP contribution in [0.15, 0.2) is 24.3 Å². The van der Waals surface area contributed by atoms with E-state index in [9.17, 15) is 9.90 Å². The number of phenols is 1. The lowest BCUT2D eigenvalue weighted by Crippen LogP contribution is -2.63. The van der Waals surface area contributed by atoms with Crippen molar-refractivity contribution in [3.05, 3.63) is 24.3 Å². The molecule has 4 N–H and O–H groups in total. The van der Waals surface area contributed by atoms with Gasteiger partial charge in [-0.15, -0.1) is 0 Å². The van der Waals surface area contributed by atoms with E-state index < -0.39 is 6.23 Å². The van der Waals surface area contributed by atoms with Gasteiger partial charge in [0, 0.05) is 17.1 Å². The van der Waals surface area contributed by atoms with Crippen LogP contribution in [-0.4, -0.2) is 34.5 Å². The maximum Gasteiger partial charge on any atom is 0.317 e. The van der Waals surface area contributed by atoms with E-state index in [4.69, 9.17) is 4.74 Å². The van der Waals surface area contributed by atoms with E-state index in [1.54, 1.807) is 31.2 Å². The van der Waals surface area contributed by atoms with Crippen molar-refractivity contribution in [3.8, 4) is 11.5 Å². The highest BCUT2D eigenvalue weighted by Gasteiger charge is 2.38. The number of carbonyl (C=O) groups is 1. The lowest BCUT2D eigenvalue weighted by molar-refractivity contribution is 0.140. The average molecular weight is 335 g/mol. The molecule has 1 unspecified atom stereocenters. The minimum Gasteiger partial charge on any atom is -0.508 e. The highest BCUT2D eigenvalue weighted by molar-refractivity contribution is 5.74. The zero-order valence-corrected chi connectivity index (χ0v) is 15.1. The van der Waals surface area contributed by atoms with Crippen molar-refractivity contribution < 1.29 is 14.6 Å². The molecule has 0 radical (unpaired) electrons. The number of ether oxygens (including phenoxy) is 1. The number of aromatic hydroxyl groups is 1. The van der Waals surface area contributed by atoms with Gasteiger partial charge in [0.15, 0.2) is 6.23 Å². The fourth-order valence-electron chi connectivity index (χ4n) is 3.59. The van der Waals surface area contributed by atoms with Crippen LogP contribution < -0.4 is 20.7 Å². The molecule has 1 saturated heterocycles. The monoisotopic (exact) mass is 335 g/mol. The van der Waals surface area contributed by atoms with Crippen LogP contribution in [0.3, 0.4) is 0 Å². The molecule has 24 heavy (non-hydrogen) atoms. The van der Waals surface area contributed by atoms with E-state index in [1.807, 2.05) is 0 Å². The van der Waals surface area contributed by atoms with Gasteiger partial charge in [-0.3, -0.25) is 0 Å². The second-order valence-electron chi connectivity index (χ2n) is 7.87. The second-order valence-corrected chi connectivity index (χ2v) is 7.87. The Balaban J connectivity index is 1.84. The Hall–Kier alpha value is -1.95. The third-order valence-corrected chi connectivity index (χ3v) is 4.01. The Labute approximate surface area is 144 Å². The van der Waals surface area contributed by atoms with Gasteiger partial charge in [0.25, 0.3) is 0 Å². The maximum absolute atomic E-state index is 12.2. The summed E-state index contributed by atoms with van der Waals surface area (Å²) >= 11 is 0. The number of urea groups is 1. The fraction of sp³-hybridized carbons (Fsp3) is 0.611. The predicted octanol–water partition coefficient (Wildman–Crippen LogP) is 2.73. The molecule has 0 aromatic heterocycles. The number of carbonyl (C=O) groups excluding carboxylic acids is 1. The molecule has 6 nitrogen and oxygen atoms in total. The molecule has 2 rings (SSSR count). The highest BCUT2D eigenvalue weighted by Crippen LogP contribution is 2.28. The summed E-state index contributed by atoms with van der Waals surface area (Å²) in [5.41, 5.74) is -0.0400. The van der Waals surface area contributed by atoms with Crippen LogP contribution in [0.5, 0.6) is 11.5 Å². The first kappa shape index (κ1) is 18.4. The van der Waals surface area contributed by atoms with E-state index in [0.29, 0.717) is 5.75 Å². The number of hydrogen-bond donors (Lipinski definition) is 4. The molecular weight excluding hydrogens is 306 g/mol. The number of phenolic OH excluding ortho intramolecular Hbond substituents is 1. The van der Waals surface area contributed by atoms with E-state index >= 15 is 0 Å². The molecule has 0 bridgehead atoms. The normalized spacial score (nSPS) is 20.9. The molecule has 1 heterocycles. The third kappa shape index (κ3) is 5.60. The quantitative estimate of drug-likeness (QED) is 0.638. The van der Waals surface area contributed by atoms with Crippen LogP contribution in [0.4, 0.5) is 4.79 Å². The summed E-state index contributed by atoms with van der Waals surface area (Å²) in [5, 5.41) is 18.7. The third-order valence-electron chi connectivity index (χ3n) is 4.01. The molecule has 2 amide bonds.